The Kier molecular flexibility index (Phi) is 4.52. The van der Waals surface area contributed by atoms with Crippen molar-refractivity contribution in [1.29, 1.82) is 0 Å². The lowest BCUT2D eigenvalue weighted by Gasteiger charge is -2.13. The van der Waals surface area contributed by atoms with Crippen LogP contribution in [0.2, 0.25) is 0 Å². The molecule has 0 fully saturated rings. The zero-order chi connectivity index (χ0) is 13.7. The van der Waals surface area contributed by atoms with Crippen molar-refractivity contribution in [1.82, 2.24) is 15.0 Å². The molecule has 0 bridgehead atoms. The van der Waals surface area contributed by atoms with Crippen molar-refractivity contribution in [3.05, 3.63) is 41.7 Å². The Labute approximate surface area is 113 Å². The predicted octanol–water partition coefficient (Wildman–Crippen LogP) is 1.18. The maximum absolute atomic E-state index is 5.85. The summed E-state index contributed by atoms with van der Waals surface area (Å²) in [6, 6.07) is 8.12. The van der Waals surface area contributed by atoms with Gasteiger partial charge in [0, 0.05) is 13.2 Å². The first-order valence-corrected chi connectivity index (χ1v) is 6.39. The van der Waals surface area contributed by atoms with Crippen LogP contribution in [-0.4, -0.2) is 28.6 Å². The van der Waals surface area contributed by atoms with Crippen molar-refractivity contribution in [3.63, 3.8) is 0 Å². The Morgan fingerprint density at radius 1 is 1.26 bits per heavy atom. The van der Waals surface area contributed by atoms with Crippen LogP contribution >= 0.6 is 0 Å². The molecule has 2 rings (SSSR count). The summed E-state index contributed by atoms with van der Waals surface area (Å²) in [7, 11) is 3.54. The minimum atomic E-state index is 0.380. The van der Waals surface area contributed by atoms with Crippen molar-refractivity contribution >= 4 is 0 Å². The molecule has 0 spiro atoms. The molecule has 0 aliphatic heterocycles. The SMILES string of the molecule is COc1ccc(CC(CN)Cc2cn(C)nn2)cc1. The topological polar surface area (TPSA) is 66.0 Å². The van der Waals surface area contributed by atoms with E-state index in [9.17, 15) is 0 Å². The minimum absolute atomic E-state index is 0.380. The average Bonchev–Trinajstić information content (AvgIpc) is 2.84. The van der Waals surface area contributed by atoms with E-state index in [1.165, 1.54) is 5.56 Å². The van der Waals surface area contributed by atoms with Crippen LogP contribution in [0.25, 0.3) is 0 Å². The van der Waals surface area contributed by atoms with Crippen LogP contribution in [0, 0.1) is 5.92 Å². The summed E-state index contributed by atoms with van der Waals surface area (Å²) in [5, 5.41) is 8.05. The van der Waals surface area contributed by atoms with Gasteiger partial charge < -0.3 is 10.5 Å². The zero-order valence-electron chi connectivity index (χ0n) is 11.4. The normalized spacial score (nSPS) is 12.4. The van der Waals surface area contributed by atoms with Gasteiger partial charge in [-0.1, -0.05) is 17.3 Å². The van der Waals surface area contributed by atoms with E-state index in [0.717, 1.165) is 24.3 Å². The number of hydrogen-bond donors (Lipinski definition) is 1. The van der Waals surface area contributed by atoms with Crippen LogP contribution in [-0.2, 0) is 19.9 Å². The number of methoxy groups -OCH3 is 1. The highest BCUT2D eigenvalue weighted by molar-refractivity contribution is 5.27. The second-order valence-electron chi connectivity index (χ2n) is 4.74. The number of rotatable bonds is 6. The van der Waals surface area contributed by atoms with Crippen LogP contribution in [0.3, 0.4) is 0 Å². The zero-order valence-corrected chi connectivity index (χ0v) is 11.4. The maximum atomic E-state index is 5.85. The number of aryl methyl sites for hydroxylation is 1. The summed E-state index contributed by atoms with van der Waals surface area (Å²) in [5.74, 6) is 1.26. The van der Waals surface area contributed by atoms with Gasteiger partial charge in [-0.3, -0.25) is 4.68 Å². The summed E-state index contributed by atoms with van der Waals surface area (Å²) >= 11 is 0. The Hall–Kier alpha value is -1.88. The molecule has 0 aliphatic rings. The third kappa shape index (κ3) is 3.79. The van der Waals surface area contributed by atoms with Gasteiger partial charge in [-0.05, 0) is 43.0 Å². The molecular formula is C14H20N4O. The Bertz CT molecular complexity index is 506. The third-order valence-corrected chi connectivity index (χ3v) is 3.16. The number of nitrogens with two attached hydrogens (primary N) is 1. The highest BCUT2D eigenvalue weighted by Crippen LogP contribution is 2.16. The van der Waals surface area contributed by atoms with E-state index >= 15 is 0 Å². The highest BCUT2D eigenvalue weighted by Gasteiger charge is 2.11. The van der Waals surface area contributed by atoms with Gasteiger partial charge in [0.25, 0.3) is 0 Å². The van der Waals surface area contributed by atoms with E-state index in [4.69, 9.17) is 10.5 Å². The molecule has 5 nitrogen and oxygen atoms in total. The van der Waals surface area contributed by atoms with Crippen LogP contribution in [0.4, 0.5) is 0 Å². The predicted molar refractivity (Wildman–Crippen MR) is 73.9 cm³/mol. The maximum Gasteiger partial charge on any atom is 0.118 e. The first-order valence-electron chi connectivity index (χ1n) is 6.39. The molecule has 5 heteroatoms. The molecule has 2 aromatic rings. The van der Waals surface area contributed by atoms with Gasteiger partial charge in [0.1, 0.15) is 5.75 Å². The molecule has 1 unspecified atom stereocenters. The van der Waals surface area contributed by atoms with Gasteiger partial charge in [0.05, 0.1) is 12.8 Å². The molecule has 1 heterocycles. The van der Waals surface area contributed by atoms with Crippen molar-refractivity contribution in [2.45, 2.75) is 12.8 Å². The average molecular weight is 260 g/mol. The van der Waals surface area contributed by atoms with Gasteiger partial charge in [-0.25, -0.2) is 0 Å². The Morgan fingerprint density at radius 2 is 2.00 bits per heavy atom. The molecule has 19 heavy (non-hydrogen) atoms. The Morgan fingerprint density at radius 3 is 2.53 bits per heavy atom. The number of hydrogen-bond acceptors (Lipinski definition) is 4. The molecule has 1 aromatic carbocycles. The van der Waals surface area contributed by atoms with E-state index in [2.05, 4.69) is 22.4 Å². The van der Waals surface area contributed by atoms with Crippen LogP contribution < -0.4 is 10.5 Å². The fourth-order valence-electron chi connectivity index (χ4n) is 2.12. The van der Waals surface area contributed by atoms with E-state index in [0.29, 0.717) is 12.5 Å². The minimum Gasteiger partial charge on any atom is -0.497 e. The van der Waals surface area contributed by atoms with Crippen LogP contribution in [0.5, 0.6) is 5.75 Å². The molecule has 1 aromatic heterocycles. The van der Waals surface area contributed by atoms with Crippen LogP contribution in [0.15, 0.2) is 30.5 Å². The smallest absolute Gasteiger partial charge is 0.118 e. The molecule has 0 amide bonds. The first-order chi connectivity index (χ1) is 9.21. The molecular weight excluding hydrogens is 240 g/mol. The second kappa shape index (κ2) is 6.33. The van der Waals surface area contributed by atoms with E-state index in [-0.39, 0.29) is 0 Å². The molecule has 0 saturated heterocycles. The van der Waals surface area contributed by atoms with Gasteiger partial charge in [0.15, 0.2) is 0 Å². The highest BCUT2D eigenvalue weighted by atomic mass is 16.5. The van der Waals surface area contributed by atoms with Crippen molar-refractivity contribution in [2.75, 3.05) is 13.7 Å². The molecule has 2 N–H and O–H groups in total. The molecule has 0 radical (unpaired) electrons. The van der Waals surface area contributed by atoms with E-state index in [1.54, 1.807) is 11.8 Å². The fourth-order valence-corrected chi connectivity index (χ4v) is 2.12. The quantitative estimate of drug-likeness (QED) is 0.847. The lowest BCUT2D eigenvalue weighted by Crippen LogP contribution is -2.19. The first kappa shape index (κ1) is 13.5. The lowest BCUT2D eigenvalue weighted by molar-refractivity contribution is 0.414. The molecule has 1 atom stereocenters. The molecule has 102 valence electrons. The standard InChI is InChI=1S/C14H20N4O/c1-18-10-13(16-17-18)8-12(9-15)7-11-3-5-14(19-2)6-4-11/h3-6,10,12H,7-9,15H2,1-2H3. The summed E-state index contributed by atoms with van der Waals surface area (Å²) in [6.45, 7) is 0.641. The van der Waals surface area contributed by atoms with Gasteiger partial charge in [-0.15, -0.1) is 5.10 Å². The lowest BCUT2D eigenvalue weighted by atomic mass is 9.95. The monoisotopic (exact) mass is 260 g/mol. The summed E-state index contributed by atoms with van der Waals surface area (Å²) in [5.41, 5.74) is 8.11. The van der Waals surface area contributed by atoms with Crippen LogP contribution in [0.1, 0.15) is 11.3 Å². The van der Waals surface area contributed by atoms with E-state index < -0.39 is 0 Å². The van der Waals surface area contributed by atoms with Gasteiger partial charge in [0.2, 0.25) is 0 Å². The fraction of sp³-hybridized carbons (Fsp3) is 0.429. The largest absolute Gasteiger partial charge is 0.497 e. The summed E-state index contributed by atoms with van der Waals surface area (Å²) < 4.78 is 6.87. The van der Waals surface area contributed by atoms with Crippen molar-refractivity contribution < 1.29 is 4.74 Å². The van der Waals surface area contributed by atoms with E-state index in [1.807, 2.05) is 25.4 Å². The van der Waals surface area contributed by atoms with Crippen molar-refractivity contribution in [3.8, 4) is 5.75 Å². The van der Waals surface area contributed by atoms with Crippen molar-refractivity contribution in [2.24, 2.45) is 18.7 Å². The number of nitrogens with zero attached hydrogens (tertiary/aromatic N) is 3. The Balaban J connectivity index is 1.97. The second-order valence-corrected chi connectivity index (χ2v) is 4.74. The summed E-state index contributed by atoms with van der Waals surface area (Å²) in [6.07, 6.45) is 3.74. The number of aromatic nitrogens is 3. The number of ether oxygens (including phenoxy) is 1. The molecule has 0 saturated carbocycles. The van der Waals surface area contributed by atoms with Gasteiger partial charge >= 0.3 is 0 Å². The van der Waals surface area contributed by atoms with Gasteiger partial charge in [-0.2, -0.15) is 0 Å². The molecule has 0 aliphatic carbocycles. The summed E-state index contributed by atoms with van der Waals surface area (Å²) in [4.78, 5) is 0. The third-order valence-electron chi connectivity index (χ3n) is 3.16. The number of benzene rings is 1.